The molecule has 1 aromatic rings. The highest BCUT2D eigenvalue weighted by Gasteiger charge is 2.18. The quantitative estimate of drug-likeness (QED) is 0.361. The van der Waals surface area contributed by atoms with Crippen molar-refractivity contribution in [2.24, 2.45) is 16.8 Å². The molecular weight excluding hydrogens is 270 g/mol. The van der Waals surface area contributed by atoms with E-state index in [9.17, 15) is 4.79 Å². The first-order chi connectivity index (χ1) is 9.86. The number of carbonyl (C=O) groups excluding carboxylic acids is 1. The summed E-state index contributed by atoms with van der Waals surface area (Å²) in [5, 5.41) is 11.5. The SMILES string of the molecule is CC(C)C(C)N(C)C(=O)COc1ccc(/C(N)=N/O)cc1. The zero-order chi connectivity index (χ0) is 16.0. The van der Waals surface area contributed by atoms with Crippen molar-refractivity contribution >= 4 is 11.7 Å². The number of amidine groups is 1. The minimum atomic E-state index is -0.0725. The molecule has 0 aliphatic rings. The van der Waals surface area contributed by atoms with Gasteiger partial charge in [0.2, 0.25) is 0 Å². The van der Waals surface area contributed by atoms with Gasteiger partial charge in [0.05, 0.1) is 0 Å². The maximum atomic E-state index is 12.0. The number of oxime groups is 1. The maximum Gasteiger partial charge on any atom is 0.260 e. The van der Waals surface area contributed by atoms with Gasteiger partial charge in [0.1, 0.15) is 5.75 Å². The van der Waals surface area contributed by atoms with Gasteiger partial charge in [0.25, 0.3) is 5.91 Å². The molecule has 0 heterocycles. The van der Waals surface area contributed by atoms with Gasteiger partial charge in [-0.3, -0.25) is 4.79 Å². The first-order valence-corrected chi connectivity index (χ1v) is 6.83. The standard InChI is InChI=1S/C15H23N3O3/c1-10(2)11(3)18(4)14(19)9-21-13-7-5-12(6-8-13)15(16)17-20/h5-8,10-11,20H,9H2,1-4H3,(H2,16,17). The molecule has 0 aliphatic carbocycles. The third-order valence-corrected chi connectivity index (χ3v) is 3.59. The lowest BCUT2D eigenvalue weighted by Crippen LogP contribution is -2.40. The number of hydrogen-bond donors (Lipinski definition) is 2. The normalized spacial score (nSPS) is 13.1. The monoisotopic (exact) mass is 293 g/mol. The van der Waals surface area contributed by atoms with Crippen molar-refractivity contribution in [3.8, 4) is 5.75 Å². The molecule has 1 aromatic carbocycles. The molecule has 21 heavy (non-hydrogen) atoms. The zero-order valence-electron chi connectivity index (χ0n) is 12.9. The number of benzene rings is 1. The van der Waals surface area contributed by atoms with Crippen molar-refractivity contribution in [2.45, 2.75) is 26.8 Å². The van der Waals surface area contributed by atoms with E-state index >= 15 is 0 Å². The van der Waals surface area contributed by atoms with Crippen molar-refractivity contribution < 1.29 is 14.7 Å². The second-order valence-electron chi connectivity index (χ2n) is 5.29. The summed E-state index contributed by atoms with van der Waals surface area (Å²) >= 11 is 0. The molecule has 1 amide bonds. The summed E-state index contributed by atoms with van der Waals surface area (Å²) in [5.74, 6) is 0.905. The molecule has 3 N–H and O–H groups in total. The van der Waals surface area contributed by atoms with Crippen LogP contribution in [0.15, 0.2) is 29.4 Å². The van der Waals surface area contributed by atoms with E-state index in [0.29, 0.717) is 17.2 Å². The van der Waals surface area contributed by atoms with Gasteiger partial charge in [0.15, 0.2) is 12.4 Å². The number of nitrogens with zero attached hydrogens (tertiary/aromatic N) is 2. The van der Waals surface area contributed by atoms with Crippen molar-refractivity contribution in [1.29, 1.82) is 0 Å². The topological polar surface area (TPSA) is 88.2 Å². The van der Waals surface area contributed by atoms with Gasteiger partial charge in [-0.15, -0.1) is 0 Å². The van der Waals surface area contributed by atoms with Crippen LogP contribution in [0.4, 0.5) is 0 Å². The Morgan fingerprint density at radius 3 is 2.38 bits per heavy atom. The predicted octanol–water partition coefficient (Wildman–Crippen LogP) is 1.66. The molecule has 0 saturated carbocycles. The van der Waals surface area contributed by atoms with Crippen LogP contribution in [-0.2, 0) is 4.79 Å². The van der Waals surface area contributed by atoms with Crippen LogP contribution in [-0.4, -0.2) is 41.5 Å². The van der Waals surface area contributed by atoms with Crippen molar-refractivity contribution in [2.75, 3.05) is 13.7 Å². The van der Waals surface area contributed by atoms with Gasteiger partial charge in [0, 0.05) is 18.7 Å². The average molecular weight is 293 g/mol. The predicted molar refractivity (Wildman–Crippen MR) is 81.5 cm³/mol. The molecule has 0 fully saturated rings. The van der Waals surface area contributed by atoms with E-state index in [2.05, 4.69) is 19.0 Å². The summed E-state index contributed by atoms with van der Waals surface area (Å²) in [4.78, 5) is 13.7. The van der Waals surface area contributed by atoms with Crippen LogP contribution in [0.25, 0.3) is 0 Å². The Kier molecular flexibility index (Phi) is 6.02. The van der Waals surface area contributed by atoms with Crippen LogP contribution in [0.3, 0.4) is 0 Å². The summed E-state index contributed by atoms with van der Waals surface area (Å²) in [7, 11) is 1.78. The Bertz CT molecular complexity index is 497. The fourth-order valence-electron chi connectivity index (χ4n) is 1.70. The number of rotatable bonds is 6. The van der Waals surface area contributed by atoms with E-state index < -0.39 is 0 Å². The minimum absolute atomic E-state index is 0.0174. The van der Waals surface area contributed by atoms with Crippen LogP contribution < -0.4 is 10.5 Å². The second-order valence-corrected chi connectivity index (χ2v) is 5.29. The Hall–Kier alpha value is -2.24. The third-order valence-electron chi connectivity index (χ3n) is 3.59. The van der Waals surface area contributed by atoms with Gasteiger partial charge in [-0.2, -0.15) is 0 Å². The highest BCUT2D eigenvalue weighted by Crippen LogP contribution is 2.13. The van der Waals surface area contributed by atoms with E-state index in [0.717, 1.165) is 0 Å². The molecule has 6 nitrogen and oxygen atoms in total. The largest absolute Gasteiger partial charge is 0.484 e. The fourth-order valence-corrected chi connectivity index (χ4v) is 1.70. The molecule has 1 atom stereocenters. The first-order valence-electron chi connectivity index (χ1n) is 6.83. The number of carbonyl (C=O) groups is 1. The molecule has 1 unspecified atom stereocenters. The minimum Gasteiger partial charge on any atom is -0.484 e. The lowest BCUT2D eigenvalue weighted by molar-refractivity contribution is -0.134. The van der Waals surface area contributed by atoms with E-state index in [1.54, 1.807) is 36.2 Å². The average Bonchev–Trinajstić information content (AvgIpc) is 2.50. The van der Waals surface area contributed by atoms with E-state index in [4.69, 9.17) is 15.7 Å². The van der Waals surface area contributed by atoms with E-state index in [-0.39, 0.29) is 24.4 Å². The van der Waals surface area contributed by atoms with Gasteiger partial charge in [-0.1, -0.05) is 19.0 Å². The Balaban J connectivity index is 2.57. The fraction of sp³-hybridized carbons (Fsp3) is 0.467. The van der Waals surface area contributed by atoms with Crippen molar-refractivity contribution in [3.63, 3.8) is 0 Å². The highest BCUT2D eigenvalue weighted by atomic mass is 16.5. The molecule has 6 heteroatoms. The van der Waals surface area contributed by atoms with E-state index in [1.807, 2.05) is 6.92 Å². The van der Waals surface area contributed by atoms with Crippen LogP contribution in [0, 0.1) is 5.92 Å². The second kappa shape index (κ2) is 7.52. The van der Waals surface area contributed by atoms with Crippen LogP contribution in [0.5, 0.6) is 5.75 Å². The Labute approximate surface area is 125 Å². The molecule has 0 spiro atoms. The zero-order valence-corrected chi connectivity index (χ0v) is 12.9. The first kappa shape index (κ1) is 16.8. The lowest BCUT2D eigenvalue weighted by atomic mass is 10.1. The maximum absolute atomic E-state index is 12.0. The number of nitrogens with two attached hydrogens (primary N) is 1. The summed E-state index contributed by atoms with van der Waals surface area (Å²) in [6.07, 6.45) is 0. The molecule has 116 valence electrons. The van der Waals surface area contributed by atoms with Gasteiger partial charge in [-0.05, 0) is 37.1 Å². The van der Waals surface area contributed by atoms with E-state index in [1.165, 1.54) is 0 Å². The van der Waals surface area contributed by atoms with Crippen molar-refractivity contribution in [3.05, 3.63) is 29.8 Å². The van der Waals surface area contributed by atoms with Crippen LogP contribution in [0.2, 0.25) is 0 Å². The van der Waals surface area contributed by atoms with Crippen LogP contribution >= 0.6 is 0 Å². The molecule has 0 bridgehead atoms. The van der Waals surface area contributed by atoms with Crippen LogP contribution in [0.1, 0.15) is 26.3 Å². The van der Waals surface area contributed by atoms with Gasteiger partial charge in [-0.25, -0.2) is 0 Å². The molecular formula is C15H23N3O3. The Morgan fingerprint density at radius 1 is 1.33 bits per heavy atom. The summed E-state index contributed by atoms with van der Waals surface area (Å²) < 4.78 is 5.45. The third kappa shape index (κ3) is 4.66. The highest BCUT2D eigenvalue weighted by molar-refractivity contribution is 5.97. The Morgan fingerprint density at radius 2 is 1.90 bits per heavy atom. The number of amides is 1. The summed E-state index contributed by atoms with van der Waals surface area (Å²) in [5.41, 5.74) is 6.05. The molecule has 1 rings (SSSR count). The molecule has 0 saturated heterocycles. The smallest absolute Gasteiger partial charge is 0.260 e. The summed E-state index contributed by atoms with van der Waals surface area (Å²) in [6.45, 7) is 6.13. The van der Waals surface area contributed by atoms with Gasteiger partial charge < -0.3 is 20.6 Å². The molecule has 0 aliphatic heterocycles. The number of likely N-dealkylation sites (N-methyl/N-ethyl adjacent to an activating group) is 1. The van der Waals surface area contributed by atoms with Gasteiger partial charge >= 0.3 is 0 Å². The van der Waals surface area contributed by atoms with Crippen molar-refractivity contribution in [1.82, 2.24) is 4.90 Å². The molecule has 0 radical (unpaired) electrons. The summed E-state index contributed by atoms with van der Waals surface area (Å²) in [6, 6.07) is 6.83. The number of hydrogen-bond acceptors (Lipinski definition) is 4. The molecule has 0 aromatic heterocycles. The lowest BCUT2D eigenvalue weighted by Gasteiger charge is -2.27. The number of ether oxygens (including phenoxy) is 1.